The Bertz CT molecular complexity index is 1640. The van der Waals surface area contributed by atoms with E-state index in [-0.39, 0.29) is 18.2 Å². The first-order valence-corrected chi connectivity index (χ1v) is 15.8. The number of unbranched alkanes of at least 4 members (excludes halogenated alkanes) is 1. The molecule has 0 bridgehead atoms. The van der Waals surface area contributed by atoms with Gasteiger partial charge in [0.15, 0.2) is 0 Å². The van der Waals surface area contributed by atoms with Crippen LogP contribution in [0.15, 0.2) is 54.7 Å². The lowest BCUT2D eigenvalue weighted by atomic mass is 10.0. The molecule has 5 aromatic rings. The molecule has 5 rings (SSSR count). The maximum absolute atomic E-state index is 12.5. The first kappa shape index (κ1) is 30.1. The van der Waals surface area contributed by atoms with Crippen molar-refractivity contribution < 1.29 is 9.59 Å². The van der Waals surface area contributed by atoms with Crippen molar-refractivity contribution in [2.75, 3.05) is 10.6 Å². The van der Waals surface area contributed by atoms with Crippen molar-refractivity contribution in [2.24, 2.45) is 0 Å². The first-order valence-electron chi connectivity index (χ1n) is 14.1. The van der Waals surface area contributed by atoms with Crippen LogP contribution in [0.4, 0.5) is 10.3 Å². The number of anilines is 2. The zero-order chi connectivity index (χ0) is 30.0. The van der Waals surface area contributed by atoms with Crippen LogP contribution in [0.25, 0.3) is 0 Å². The predicted molar refractivity (Wildman–Crippen MR) is 167 cm³/mol. The van der Waals surface area contributed by atoms with E-state index in [0.717, 1.165) is 47.0 Å². The predicted octanol–water partition coefficient (Wildman–Crippen LogP) is 4.96. The lowest BCUT2D eigenvalue weighted by Crippen LogP contribution is -2.14. The molecule has 0 saturated carbocycles. The normalized spacial score (nSPS) is 11.0. The third kappa shape index (κ3) is 9.06. The Morgan fingerprint density at radius 1 is 0.744 bits per heavy atom. The van der Waals surface area contributed by atoms with E-state index in [4.69, 9.17) is 0 Å². The van der Waals surface area contributed by atoms with Gasteiger partial charge in [0.2, 0.25) is 22.1 Å². The number of aryl methyl sites for hydroxylation is 5. The van der Waals surface area contributed by atoms with Crippen molar-refractivity contribution in [2.45, 2.75) is 65.3 Å². The van der Waals surface area contributed by atoms with Crippen LogP contribution in [0.5, 0.6) is 0 Å². The molecule has 0 radical (unpaired) electrons. The summed E-state index contributed by atoms with van der Waals surface area (Å²) in [4.78, 5) is 24.7. The maximum atomic E-state index is 12.5. The summed E-state index contributed by atoms with van der Waals surface area (Å²) in [5, 5.41) is 33.5. The van der Waals surface area contributed by atoms with Gasteiger partial charge in [-0.05, 0) is 48.9 Å². The van der Waals surface area contributed by atoms with Gasteiger partial charge in [0.25, 0.3) is 0 Å². The van der Waals surface area contributed by atoms with E-state index in [9.17, 15) is 9.59 Å². The number of carbonyl (C=O) groups is 2. The fourth-order valence-electron chi connectivity index (χ4n) is 4.52. The number of carbonyl (C=O) groups excluding carboxylic acids is 2. The highest BCUT2D eigenvalue weighted by atomic mass is 32.1. The minimum absolute atomic E-state index is 0.107. The Morgan fingerprint density at radius 2 is 1.37 bits per heavy atom. The highest BCUT2D eigenvalue weighted by Gasteiger charge is 2.12. The van der Waals surface area contributed by atoms with Crippen molar-refractivity contribution in [3.05, 3.63) is 92.7 Å². The van der Waals surface area contributed by atoms with Crippen molar-refractivity contribution in [3.8, 4) is 0 Å². The molecule has 0 unspecified atom stereocenters. The van der Waals surface area contributed by atoms with Gasteiger partial charge in [-0.15, -0.1) is 25.5 Å². The number of rotatable bonds is 14. The number of hydrogen-bond acceptors (Lipinski definition) is 10. The molecule has 0 atom stereocenters. The van der Waals surface area contributed by atoms with Gasteiger partial charge in [-0.3, -0.25) is 9.59 Å². The quantitative estimate of drug-likeness (QED) is 0.167. The van der Waals surface area contributed by atoms with Crippen LogP contribution in [0.2, 0.25) is 0 Å². The maximum Gasteiger partial charge on any atom is 0.230 e. The second-order valence-electron chi connectivity index (χ2n) is 10.2. The number of amides is 2. The number of benzene rings is 2. The van der Waals surface area contributed by atoms with Gasteiger partial charge in [-0.1, -0.05) is 76.4 Å². The smallest absolute Gasteiger partial charge is 0.230 e. The summed E-state index contributed by atoms with van der Waals surface area (Å²) in [6.45, 7) is 4.84. The molecular weight excluding hydrogens is 583 g/mol. The van der Waals surface area contributed by atoms with Crippen LogP contribution in [0.1, 0.15) is 57.2 Å². The lowest BCUT2D eigenvalue weighted by Gasteiger charge is -2.08. The molecule has 3 aromatic heterocycles. The molecule has 11 nitrogen and oxygen atoms in total. The number of hydrogen-bond donors (Lipinski definition) is 2. The van der Waals surface area contributed by atoms with Crippen LogP contribution < -0.4 is 10.6 Å². The van der Waals surface area contributed by atoms with Gasteiger partial charge in [0.05, 0.1) is 18.7 Å². The Hall–Kier alpha value is -4.36. The molecule has 43 heavy (non-hydrogen) atoms. The molecule has 13 heteroatoms. The SMILES string of the molecule is Cc1cccc(C)c1Cn1cc(CCC(=O)Nc2nnc(CCCCc3nnc(NC(=O)Cc4ccccc4)s3)s2)nn1. The van der Waals surface area contributed by atoms with Crippen LogP contribution in [-0.4, -0.2) is 47.2 Å². The minimum Gasteiger partial charge on any atom is -0.301 e. The third-order valence-electron chi connectivity index (χ3n) is 6.82. The molecule has 3 heterocycles. The average molecular weight is 616 g/mol. The Morgan fingerprint density at radius 3 is 2.02 bits per heavy atom. The van der Waals surface area contributed by atoms with Gasteiger partial charge < -0.3 is 10.6 Å². The highest BCUT2D eigenvalue weighted by Crippen LogP contribution is 2.21. The van der Waals surface area contributed by atoms with E-state index in [2.05, 4.69) is 73.4 Å². The fraction of sp³-hybridized carbons (Fsp3) is 0.333. The molecule has 222 valence electrons. The second-order valence-corrected chi connectivity index (χ2v) is 12.4. The topological polar surface area (TPSA) is 140 Å². The summed E-state index contributed by atoms with van der Waals surface area (Å²) in [5.41, 5.74) is 5.41. The van der Waals surface area contributed by atoms with Crippen LogP contribution in [-0.2, 0) is 41.8 Å². The molecule has 0 saturated heterocycles. The second kappa shape index (κ2) is 14.7. The summed E-state index contributed by atoms with van der Waals surface area (Å²) in [6, 6.07) is 15.8. The number of aromatic nitrogens is 7. The molecule has 2 aromatic carbocycles. The minimum atomic E-state index is -0.130. The molecule has 0 fully saturated rings. The standard InChI is InChI=1S/C30H33N9O2S2/c1-20-9-8-10-21(2)24(20)19-39-18-23(33-38-39)15-16-25(40)31-29-36-34-27(42-29)13-6-7-14-28-35-37-30(43-28)32-26(41)17-22-11-4-3-5-12-22/h3-5,8-12,18H,6-7,13-17,19H2,1-2H3,(H,31,36,40)(H,32,37,41). The van der Waals surface area contributed by atoms with Crippen molar-refractivity contribution in [3.63, 3.8) is 0 Å². The monoisotopic (exact) mass is 615 g/mol. The van der Waals surface area contributed by atoms with Crippen molar-refractivity contribution in [1.29, 1.82) is 0 Å². The van der Waals surface area contributed by atoms with Crippen LogP contribution in [0, 0.1) is 13.8 Å². The number of nitrogens with one attached hydrogen (secondary N) is 2. The zero-order valence-corrected chi connectivity index (χ0v) is 25.7. The summed E-state index contributed by atoms with van der Waals surface area (Å²) < 4.78 is 1.81. The van der Waals surface area contributed by atoms with Crippen LogP contribution in [0.3, 0.4) is 0 Å². The van der Waals surface area contributed by atoms with Crippen molar-refractivity contribution >= 4 is 44.8 Å². The average Bonchev–Trinajstić information content (AvgIpc) is 3.74. The molecule has 0 aliphatic heterocycles. The van der Waals surface area contributed by atoms with Gasteiger partial charge in [0.1, 0.15) is 10.0 Å². The van der Waals surface area contributed by atoms with Gasteiger partial charge in [-0.25, -0.2) is 4.68 Å². The highest BCUT2D eigenvalue weighted by molar-refractivity contribution is 7.15. The van der Waals surface area contributed by atoms with Crippen LogP contribution >= 0.6 is 22.7 Å². The van der Waals surface area contributed by atoms with E-state index >= 15 is 0 Å². The third-order valence-corrected chi connectivity index (χ3v) is 8.62. The largest absolute Gasteiger partial charge is 0.301 e. The van der Waals surface area contributed by atoms with Gasteiger partial charge in [0, 0.05) is 31.9 Å². The summed E-state index contributed by atoms with van der Waals surface area (Å²) in [6.07, 6.45) is 6.31. The van der Waals surface area contributed by atoms with E-state index in [1.165, 1.54) is 39.4 Å². The zero-order valence-electron chi connectivity index (χ0n) is 24.1. The Labute approximate surface area is 257 Å². The fourth-order valence-corrected chi connectivity index (χ4v) is 6.12. The van der Waals surface area contributed by atoms with Gasteiger partial charge >= 0.3 is 0 Å². The first-order chi connectivity index (χ1) is 20.9. The van der Waals surface area contributed by atoms with Crippen molar-refractivity contribution in [1.82, 2.24) is 35.4 Å². The summed E-state index contributed by atoms with van der Waals surface area (Å²) in [7, 11) is 0. The molecule has 2 amide bonds. The lowest BCUT2D eigenvalue weighted by molar-refractivity contribution is -0.116. The Kier molecular flexibility index (Phi) is 10.3. The van der Waals surface area contributed by atoms with E-state index in [1.807, 2.05) is 41.2 Å². The summed E-state index contributed by atoms with van der Waals surface area (Å²) >= 11 is 2.79. The van der Waals surface area contributed by atoms with E-state index in [1.54, 1.807) is 0 Å². The molecule has 0 aliphatic carbocycles. The van der Waals surface area contributed by atoms with E-state index < -0.39 is 0 Å². The molecular formula is C30H33N9O2S2. The summed E-state index contributed by atoms with van der Waals surface area (Å²) in [5.74, 6) is -0.236. The molecule has 2 N–H and O–H groups in total. The molecule has 0 aliphatic rings. The number of nitrogens with zero attached hydrogens (tertiary/aromatic N) is 7. The molecule has 0 spiro atoms. The van der Waals surface area contributed by atoms with E-state index in [0.29, 0.717) is 29.6 Å². The Balaban J connectivity index is 0.985. The van der Waals surface area contributed by atoms with Gasteiger partial charge in [-0.2, -0.15) is 0 Å².